The van der Waals surface area contributed by atoms with E-state index in [0.717, 1.165) is 18.6 Å². The van der Waals surface area contributed by atoms with Gasteiger partial charge in [-0.25, -0.2) is 4.79 Å². The second-order valence-corrected chi connectivity index (χ2v) is 7.32. The van der Waals surface area contributed by atoms with Gasteiger partial charge in [0.2, 0.25) is 5.91 Å². The van der Waals surface area contributed by atoms with Crippen molar-refractivity contribution in [3.8, 4) is 5.75 Å². The minimum absolute atomic E-state index is 0.151. The summed E-state index contributed by atoms with van der Waals surface area (Å²) in [4.78, 5) is 30.3. The first-order valence-corrected chi connectivity index (χ1v) is 9.95. The predicted molar refractivity (Wildman–Crippen MR) is 111 cm³/mol. The highest BCUT2D eigenvalue weighted by atomic mass is 16.5. The van der Waals surface area contributed by atoms with Crippen LogP contribution in [0.4, 0.5) is 5.69 Å². The SMILES string of the molecule is CCOC(=O)c1[nH]c2ccc(OC)cc2c1NC(=O)CCN1CC(C)OC(C)C1. The van der Waals surface area contributed by atoms with Gasteiger partial charge in [-0.05, 0) is 39.0 Å². The van der Waals surface area contributed by atoms with Gasteiger partial charge in [-0.1, -0.05) is 0 Å². The zero-order valence-corrected chi connectivity index (χ0v) is 17.4. The molecule has 2 aromatic rings. The summed E-state index contributed by atoms with van der Waals surface area (Å²) in [5.74, 6) is -0.0291. The quantitative estimate of drug-likeness (QED) is 0.691. The Morgan fingerprint density at radius 3 is 2.66 bits per heavy atom. The topological polar surface area (TPSA) is 92.9 Å². The normalized spacial score (nSPS) is 19.9. The Balaban J connectivity index is 1.77. The maximum Gasteiger partial charge on any atom is 0.356 e. The van der Waals surface area contributed by atoms with Gasteiger partial charge in [-0.2, -0.15) is 0 Å². The van der Waals surface area contributed by atoms with E-state index in [1.54, 1.807) is 26.2 Å². The molecule has 1 fully saturated rings. The number of rotatable bonds is 7. The van der Waals surface area contributed by atoms with Gasteiger partial charge in [0.1, 0.15) is 11.4 Å². The summed E-state index contributed by atoms with van der Waals surface area (Å²) in [5, 5.41) is 3.60. The van der Waals surface area contributed by atoms with Gasteiger partial charge in [0.25, 0.3) is 0 Å². The van der Waals surface area contributed by atoms with Crippen molar-refractivity contribution in [3.63, 3.8) is 0 Å². The second-order valence-electron chi connectivity index (χ2n) is 7.32. The molecule has 8 heteroatoms. The number of morpholine rings is 1. The molecule has 1 aliphatic rings. The molecule has 0 spiro atoms. The number of carbonyl (C=O) groups excluding carboxylic acids is 2. The number of fused-ring (bicyclic) bond motifs is 1. The molecule has 0 aliphatic carbocycles. The smallest absolute Gasteiger partial charge is 0.356 e. The van der Waals surface area contributed by atoms with Crippen LogP contribution < -0.4 is 10.1 Å². The maximum atomic E-state index is 12.7. The number of aromatic nitrogens is 1. The molecule has 2 unspecified atom stereocenters. The van der Waals surface area contributed by atoms with Crippen LogP contribution in [0, 0.1) is 0 Å². The monoisotopic (exact) mass is 403 g/mol. The van der Waals surface area contributed by atoms with Crippen molar-refractivity contribution < 1.29 is 23.8 Å². The number of H-pyrrole nitrogens is 1. The Morgan fingerprint density at radius 1 is 1.28 bits per heavy atom. The number of carbonyl (C=O) groups is 2. The predicted octanol–water partition coefficient (Wildman–Crippen LogP) is 2.79. The molecule has 29 heavy (non-hydrogen) atoms. The van der Waals surface area contributed by atoms with Crippen molar-refractivity contribution in [1.82, 2.24) is 9.88 Å². The Kier molecular flexibility index (Phi) is 6.76. The minimum atomic E-state index is -0.506. The Labute approximate surface area is 170 Å². The number of nitrogens with zero attached hydrogens (tertiary/aromatic N) is 1. The van der Waals surface area contributed by atoms with Gasteiger partial charge in [0.05, 0.1) is 31.6 Å². The highest BCUT2D eigenvalue weighted by molar-refractivity contribution is 6.11. The first kappa shape index (κ1) is 21.1. The fraction of sp³-hybridized carbons (Fsp3) is 0.524. The van der Waals surface area contributed by atoms with E-state index in [1.807, 2.05) is 19.9 Å². The summed E-state index contributed by atoms with van der Waals surface area (Å²) in [6, 6.07) is 5.39. The molecule has 8 nitrogen and oxygen atoms in total. The molecule has 1 aromatic heterocycles. The van der Waals surface area contributed by atoms with Crippen molar-refractivity contribution in [2.45, 2.75) is 39.4 Å². The molecule has 0 bridgehead atoms. The zero-order valence-electron chi connectivity index (χ0n) is 17.4. The van der Waals surface area contributed by atoms with Gasteiger partial charge >= 0.3 is 5.97 Å². The fourth-order valence-corrected chi connectivity index (χ4v) is 3.71. The Hall–Kier alpha value is -2.58. The number of esters is 1. The molecule has 2 atom stereocenters. The van der Waals surface area contributed by atoms with Crippen LogP contribution in [0.5, 0.6) is 5.75 Å². The van der Waals surface area contributed by atoms with Crippen LogP contribution in [-0.2, 0) is 14.3 Å². The third-order valence-corrected chi connectivity index (χ3v) is 4.90. The first-order chi connectivity index (χ1) is 13.9. The first-order valence-electron chi connectivity index (χ1n) is 9.95. The van der Waals surface area contributed by atoms with Crippen LogP contribution in [0.25, 0.3) is 10.9 Å². The number of anilines is 1. The lowest BCUT2D eigenvalue weighted by atomic mass is 10.2. The minimum Gasteiger partial charge on any atom is -0.497 e. The van der Waals surface area contributed by atoms with Gasteiger partial charge in [-0.3, -0.25) is 9.69 Å². The van der Waals surface area contributed by atoms with Crippen molar-refractivity contribution in [1.29, 1.82) is 0 Å². The standard InChI is InChI=1S/C21H29N3O5/c1-5-28-21(26)20-19(16-10-15(27-4)6-7-17(16)22-20)23-18(25)8-9-24-11-13(2)29-14(3)12-24/h6-7,10,13-14,22H,5,8-9,11-12H2,1-4H3,(H,23,25). The van der Waals surface area contributed by atoms with E-state index >= 15 is 0 Å². The lowest BCUT2D eigenvalue weighted by Crippen LogP contribution is -2.46. The van der Waals surface area contributed by atoms with E-state index in [2.05, 4.69) is 15.2 Å². The molecule has 0 saturated carbocycles. The third-order valence-electron chi connectivity index (χ3n) is 4.90. The molecule has 1 amide bonds. The number of hydrogen-bond donors (Lipinski definition) is 2. The number of nitrogens with one attached hydrogen (secondary N) is 2. The number of hydrogen-bond acceptors (Lipinski definition) is 6. The summed E-state index contributed by atoms with van der Waals surface area (Å²) in [7, 11) is 1.57. The van der Waals surface area contributed by atoms with Crippen LogP contribution in [0.15, 0.2) is 18.2 Å². The molecule has 158 valence electrons. The molecule has 1 aliphatic heterocycles. The van der Waals surface area contributed by atoms with Crippen molar-refractivity contribution in [2.24, 2.45) is 0 Å². The van der Waals surface area contributed by atoms with Crippen LogP contribution >= 0.6 is 0 Å². The van der Waals surface area contributed by atoms with Crippen molar-refractivity contribution >= 4 is 28.5 Å². The van der Waals surface area contributed by atoms with Gasteiger partial charge in [-0.15, -0.1) is 0 Å². The molecule has 0 radical (unpaired) electrons. The second kappa shape index (κ2) is 9.28. The Morgan fingerprint density at radius 2 is 2.00 bits per heavy atom. The third kappa shape index (κ3) is 5.07. The summed E-state index contributed by atoms with van der Waals surface area (Å²) in [5.41, 5.74) is 1.38. The van der Waals surface area contributed by atoms with Crippen LogP contribution in [0.3, 0.4) is 0 Å². The maximum absolute atomic E-state index is 12.7. The van der Waals surface area contributed by atoms with E-state index in [4.69, 9.17) is 14.2 Å². The largest absolute Gasteiger partial charge is 0.497 e. The van der Waals surface area contributed by atoms with Gasteiger partial charge in [0.15, 0.2) is 0 Å². The van der Waals surface area contributed by atoms with Crippen LogP contribution in [-0.4, -0.2) is 67.3 Å². The number of benzene rings is 1. The summed E-state index contributed by atoms with van der Waals surface area (Å²) in [6.07, 6.45) is 0.620. The highest BCUT2D eigenvalue weighted by Gasteiger charge is 2.24. The number of amides is 1. The lowest BCUT2D eigenvalue weighted by molar-refractivity contribution is -0.117. The summed E-state index contributed by atoms with van der Waals surface area (Å²) >= 11 is 0. The summed E-state index contributed by atoms with van der Waals surface area (Å²) in [6.45, 7) is 8.29. The molecule has 2 N–H and O–H groups in total. The van der Waals surface area contributed by atoms with E-state index in [9.17, 15) is 9.59 Å². The van der Waals surface area contributed by atoms with Gasteiger partial charge in [0, 0.05) is 37.0 Å². The molecular weight excluding hydrogens is 374 g/mol. The van der Waals surface area contributed by atoms with Crippen LogP contribution in [0.2, 0.25) is 0 Å². The Bertz CT molecular complexity index is 869. The highest BCUT2D eigenvalue weighted by Crippen LogP contribution is 2.31. The molecule has 1 aromatic carbocycles. The molecular formula is C21H29N3O5. The van der Waals surface area contributed by atoms with E-state index in [-0.39, 0.29) is 30.4 Å². The van der Waals surface area contributed by atoms with Crippen LogP contribution in [0.1, 0.15) is 37.7 Å². The van der Waals surface area contributed by atoms with E-state index < -0.39 is 5.97 Å². The lowest BCUT2D eigenvalue weighted by Gasteiger charge is -2.35. The van der Waals surface area contributed by atoms with Crippen molar-refractivity contribution in [3.05, 3.63) is 23.9 Å². The number of aromatic amines is 1. The molecule has 2 heterocycles. The number of methoxy groups -OCH3 is 1. The molecule has 1 saturated heterocycles. The van der Waals surface area contributed by atoms with E-state index in [0.29, 0.717) is 29.8 Å². The summed E-state index contributed by atoms with van der Waals surface area (Å²) < 4.78 is 16.2. The number of ether oxygens (including phenoxy) is 3. The zero-order chi connectivity index (χ0) is 21.0. The van der Waals surface area contributed by atoms with Crippen molar-refractivity contribution in [2.75, 3.05) is 38.7 Å². The fourth-order valence-electron chi connectivity index (χ4n) is 3.71. The van der Waals surface area contributed by atoms with E-state index in [1.165, 1.54) is 0 Å². The molecule has 3 rings (SSSR count). The average Bonchev–Trinajstić information content (AvgIpc) is 3.03. The average molecular weight is 403 g/mol. The van der Waals surface area contributed by atoms with Gasteiger partial charge < -0.3 is 24.5 Å².